The van der Waals surface area contributed by atoms with E-state index in [1.165, 1.54) is 12.1 Å². The molecule has 0 bridgehead atoms. The highest BCUT2D eigenvalue weighted by Gasteiger charge is 2.31. The standard InChI is InChI=1S/C21H19Cl2F4NO3/c22-16-6-11(8-18(24)20(29)30)7-17(23)19(16)31-10-12-4-13(21(25,26)27)9-15(5-12)28-14-2-1-3-14/h4-7,9,14,18,28H,1-3,8,10H2,(H,29,30). The van der Waals surface area contributed by atoms with Crippen LogP contribution in [-0.2, 0) is 24.0 Å². The van der Waals surface area contributed by atoms with Crippen molar-refractivity contribution < 1.29 is 32.2 Å². The number of nitrogens with one attached hydrogen (secondary N) is 1. The molecule has 1 aliphatic rings. The van der Waals surface area contributed by atoms with Crippen molar-refractivity contribution in [3.8, 4) is 5.75 Å². The zero-order valence-electron chi connectivity index (χ0n) is 16.1. The van der Waals surface area contributed by atoms with Crippen LogP contribution in [0.25, 0.3) is 0 Å². The Kier molecular flexibility index (Phi) is 7.21. The van der Waals surface area contributed by atoms with E-state index in [2.05, 4.69) is 5.32 Å². The first-order valence-electron chi connectivity index (χ1n) is 9.48. The highest BCUT2D eigenvalue weighted by Crippen LogP contribution is 2.37. The Bertz CT molecular complexity index is 941. The van der Waals surface area contributed by atoms with E-state index in [1.54, 1.807) is 6.07 Å². The summed E-state index contributed by atoms with van der Waals surface area (Å²) in [6.07, 6.45) is -4.22. The molecule has 3 rings (SSSR count). The lowest BCUT2D eigenvalue weighted by atomic mass is 9.93. The van der Waals surface area contributed by atoms with Crippen LogP contribution in [0.1, 0.15) is 36.0 Å². The van der Waals surface area contributed by atoms with Crippen molar-refractivity contribution in [3.63, 3.8) is 0 Å². The third-order valence-electron chi connectivity index (χ3n) is 4.92. The van der Waals surface area contributed by atoms with Crippen LogP contribution < -0.4 is 10.1 Å². The predicted molar refractivity (Wildman–Crippen MR) is 110 cm³/mol. The van der Waals surface area contributed by atoms with Gasteiger partial charge in [-0.1, -0.05) is 23.2 Å². The van der Waals surface area contributed by atoms with Crippen LogP contribution in [0.5, 0.6) is 5.75 Å². The minimum absolute atomic E-state index is 0.000110. The number of rotatable bonds is 8. The molecular formula is C21H19Cl2F4NO3. The number of halogens is 6. The second-order valence-electron chi connectivity index (χ2n) is 7.38. The van der Waals surface area contributed by atoms with E-state index in [0.29, 0.717) is 5.69 Å². The predicted octanol–water partition coefficient (Wildman–Crippen LogP) is 6.52. The zero-order valence-corrected chi connectivity index (χ0v) is 17.6. The molecule has 2 aromatic rings. The number of aliphatic carboxylic acids is 1. The number of ether oxygens (including phenoxy) is 1. The van der Waals surface area contributed by atoms with Gasteiger partial charge >= 0.3 is 12.1 Å². The molecule has 1 atom stereocenters. The number of hydrogen-bond donors (Lipinski definition) is 2. The zero-order chi connectivity index (χ0) is 22.8. The van der Waals surface area contributed by atoms with Crippen LogP contribution in [0.15, 0.2) is 30.3 Å². The summed E-state index contributed by atoms with van der Waals surface area (Å²) in [4.78, 5) is 10.7. The second-order valence-corrected chi connectivity index (χ2v) is 8.19. The molecule has 0 aromatic heterocycles. The molecule has 168 valence electrons. The highest BCUT2D eigenvalue weighted by atomic mass is 35.5. The monoisotopic (exact) mass is 479 g/mol. The molecule has 0 spiro atoms. The summed E-state index contributed by atoms with van der Waals surface area (Å²) < 4.78 is 58.9. The van der Waals surface area contributed by atoms with Crippen molar-refractivity contribution in [1.29, 1.82) is 0 Å². The summed E-state index contributed by atoms with van der Waals surface area (Å²) in [7, 11) is 0. The highest BCUT2D eigenvalue weighted by molar-refractivity contribution is 6.37. The van der Waals surface area contributed by atoms with Crippen LogP contribution in [0.2, 0.25) is 10.0 Å². The van der Waals surface area contributed by atoms with Gasteiger partial charge in [0.1, 0.15) is 6.61 Å². The molecule has 10 heteroatoms. The van der Waals surface area contributed by atoms with Crippen molar-refractivity contribution in [1.82, 2.24) is 0 Å². The fraction of sp³-hybridized carbons (Fsp3) is 0.381. The third kappa shape index (κ3) is 6.17. The van der Waals surface area contributed by atoms with Gasteiger partial charge in [0, 0.05) is 18.2 Å². The van der Waals surface area contributed by atoms with E-state index < -0.39 is 30.3 Å². The molecule has 0 amide bonds. The Morgan fingerprint density at radius 2 is 1.77 bits per heavy atom. The molecule has 2 N–H and O–H groups in total. The fourth-order valence-electron chi connectivity index (χ4n) is 3.13. The minimum Gasteiger partial charge on any atom is -0.486 e. The molecule has 1 saturated carbocycles. The van der Waals surface area contributed by atoms with Crippen LogP contribution in [0, 0.1) is 0 Å². The third-order valence-corrected chi connectivity index (χ3v) is 5.48. The Labute approximate surface area is 186 Å². The van der Waals surface area contributed by atoms with Gasteiger partial charge in [-0.05, 0) is 60.7 Å². The first-order chi connectivity index (χ1) is 14.5. The largest absolute Gasteiger partial charge is 0.486 e. The smallest absolute Gasteiger partial charge is 0.416 e. The van der Waals surface area contributed by atoms with Crippen molar-refractivity contribution >= 4 is 34.9 Å². The SMILES string of the molecule is O=C(O)C(F)Cc1cc(Cl)c(OCc2cc(NC3CCC3)cc(C(F)(F)F)c2)c(Cl)c1. The van der Waals surface area contributed by atoms with Crippen LogP contribution >= 0.6 is 23.2 Å². The number of carboxylic acids is 1. The molecule has 2 aromatic carbocycles. The maximum Gasteiger partial charge on any atom is 0.416 e. The average Bonchev–Trinajstić information content (AvgIpc) is 2.63. The molecule has 4 nitrogen and oxygen atoms in total. The first kappa shape index (κ1) is 23.5. The van der Waals surface area contributed by atoms with E-state index in [0.717, 1.165) is 31.4 Å². The van der Waals surface area contributed by atoms with Gasteiger partial charge in [0.2, 0.25) is 6.17 Å². The molecule has 0 radical (unpaired) electrons. The van der Waals surface area contributed by atoms with Gasteiger partial charge < -0.3 is 15.2 Å². The second kappa shape index (κ2) is 9.53. The lowest BCUT2D eigenvalue weighted by Gasteiger charge is -2.28. The molecule has 0 aliphatic heterocycles. The average molecular weight is 480 g/mol. The Morgan fingerprint density at radius 1 is 1.13 bits per heavy atom. The van der Waals surface area contributed by atoms with Gasteiger partial charge in [0.25, 0.3) is 0 Å². The molecule has 0 saturated heterocycles. The fourth-order valence-corrected chi connectivity index (χ4v) is 3.77. The Hall–Kier alpha value is -2.19. The van der Waals surface area contributed by atoms with E-state index in [4.69, 9.17) is 33.0 Å². The molecule has 0 heterocycles. The maximum atomic E-state index is 13.4. The van der Waals surface area contributed by atoms with Gasteiger partial charge in [-0.25, -0.2) is 9.18 Å². The van der Waals surface area contributed by atoms with Crippen LogP contribution in [0.4, 0.5) is 23.2 Å². The minimum atomic E-state index is -4.52. The number of benzene rings is 2. The summed E-state index contributed by atoms with van der Waals surface area (Å²) in [5.74, 6) is -1.59. The van der Waals surface area contributed by atoms with Crippen LogP contribution in [0.3, 0.4) is 0 Å². The normalized spacial score (nSPS) is 15.3. The maximum absolute atomic E-state index is 13.4. The Morgan fingerprint density at radius 3 is 2.29 bits per heavy atom. The topological polar surface area (TPSA) is 58.6 Å². The number of anilines is 1. The van der Waals surface area contributed by atoms with Crippen molar-refractivity contribution in [3.05, 3.63) is 57.1 Å². The summed E-state index contributed by atoms with van der Waals surface area (Å²) in [6.45, 7) is -0.233. The van der Waals surface area contributed by atoms with Crippen molar-refractivity contribution in [2.24, 2.45) is 0 Å². The number of carboxylic acid groups (broad SMARTS) is 1. The quantitative estimate of drug-likeness (QED) is 0.423. The van der Waals surface area contributed by atoms with Gasteiger partial charge in [-0.2, -0.15) is 13.2 Å². The molecule has 1 unspecified atom stereocenters. The summed E-state index contributed by atoms with van der Waals surface area (Å²) in [5.41, 5.74) is 0.0739. The number of hydrogen-bond acceptors (Lipinski definition) is 3. The van der Waals surface area contributed by atoms with Crippen molar-refractivity contribution in [2.45, 2.75) is 50.7 Å². The Balaban J connectivity index is 1.78. The van der Waals surface area contributed by atoms with Crippen LogP contribution in [-0.4, -0.2) is 23.3 Å². The van der Waals surface area contributed by atoms with E-state index >= 15 is 0 Å². The lowest BCUT2D eigenvalue weighted by Crippen LogP contribution is -2.27. The van der Waals surface area contributed by atoms with Gasteiger partial charge in [-0.15, -0.1) is 0 Å². The molecule has 1 aliphatic carbocycles. The van der Waals surface area contributed by atoms with Gasteiger partial charge in [0.15, 0.2) is 5.75 Å². The van der Waals surface area contributed by atoms with Gasteiger partial charge in [-0.3, -0.25) is 0 Å². The van der Waals surface area contributed by atoms with E-state index in [9.17, 15) is 22.4 Å². The van der Waals surface area contributed by atoms with E-state index in [1.807, 2.05) is 0 Å². The molecular weight excluding hydrogens is 461 g/mol. The lowest BCUT2D eigenvalue weighted by molar-refractivity contribution is -0.142. The van der Waals surface area contributed by atoms with E-state index in [-0.39, 0.29) is 39.6 Å². The summed E-state index contributed by atoms with van der Waals surface area (Å²) in [6, 6.07) is 6.40. The molecule has 31 heavy (non-hydrogen) atoms. The molecule has 1 fully saturated rings. The summed E-state index contributed by atoms with van der Waals surface area (Å²) in [5, 5.41) is 11.8. The first-order valence-corrected chi connectivity index (χ1v) is 10.2. The number of carbonyl (C=O) groups is 1. The van der Waals surface area contributed by atoms with Gasteiger partial charge in [0.05, 0.1) is 15.6 Å². The summed E-state index contributed by atoms with van der Waals surface area (Å²) >= 11 is 12.2. The number of alkyl halides is 4. The van der Waals surface area contributed by atoms with Crippen molar-refractivity contribution in [2.75, 3.05) is 5.32 Å².